The van der Waals surface area contributed by atoms with Crippen LogP contribution < -0.4 is 15.4 Å². The van der Waals surface area contributed by atoms with Crippen LogP contribution in [0.4, 0.5) is 11.4 Å². The topological polar surface area (TPSA) is 105 Å². The third kappa shape index (κ3) is 6.10. The van der Waals surface area contributed by atoms with Gasteiger partial charge in [-0.2, -0.15) is 0 Å². The molecule has 0 saturated heterocycles. The number of ketones is 1. The Labute approximate surface area is 236 Å². The number of carbonyl (C=O) groups excluding carboxylic acids is 3. The predicted molar refractivity (Wildman–Crippen MR) is 156 cm³/mol. The number of carbonyl (C=O) groups is 3. The van der Waals surface area contributed by atoms with Gasteiger partial charge in [0, 0.05) is 23.7 Å². The lowest BCUT2D eigenvalue weighted by Crippen LogP contribution is -2.56. The molecule has 0 spiro atoms. The molecule has 0 bridgehead atoms. The summed E-state index contributed by atoms with van der Waals surface area (Å²) < 4.78 is 5.59. The number of Topliss-reactive ketones (excluding diaryl/α,β-unsaturated/α-hetero) is 1. The molecule has 3 aromatic rings. The summed E-state index contributed by atoms with van der Waals surface area (Å²) in [6, 6.07) is 22.0. The maximum absolute atomic E-state index is 14.0. The van der Waals surface area contributed by atoms with E-state index in [2.05, 4.69) is 10.6 Å². The van der Waals surface area contributed by atoms with Crippen molar-refractivity contribution in [1.29, 1.82) is 0 Å². The molecule has 4 unspecified atom stereocenters. The van der Waals surface area contributed by atoms with Crippen molar-refractivity contribution in [3.05, 3.63) is 89.5 Å². The van der Waals surface area contributed by atoms with E-state index in [1.54, 1.807) is 30.3 Å². The van der Waals surface area contributed by atoms with E-state index in [1.165, 1.54) is 6.92 Å². The molecule has 210 valence electrons. The van der Waals surface area contributed by atoms with Crippen LogP contribution in [-0.2, 0) is 27.2 Å². The van der Waals surface area contributed by atoms with E-state index in [4.69, 9.17) is 4.74 Å². The molecule has 40 heavy (non-hydrogen) atoms. The zero-order valence-corrected chi connectivity index (χ0v) is 23.6. The summed E-state index contributed by atoms with van der Waals surface area (Å²) in [4.78, 5) is 41.5. The van der Waals surface area contributed by atoms with Crippen LogP contribution in [0.2, 0.25) is 0 Å². The highest BCUT2D eigenvalue weighted by Crippen LogP contribution is 2.47. The van der Waals surface area contributed by atoms with Gasteiger partial charge >= 0.3 is 0 Å². The molecular weight excluding hydrogens is 504 g/mol. The van der Waals surface area contributed by atoms with E-state index in [-0.39, 0.29) is 6.42 Å². The fourth-order valence-electron chi connectivity index (χ4n) is 5.77. The number of anilines is 2. The van der Waals surface area contributed by atoms with Gasteiger partial charge in [-0.05, 0) is 67.6 Å². The van der Waals surface area contributed by atoms with E-state index < -0.39 is 41.0 Å². The molecule has 4 rings (SSSR count). The second-order valence-corrected chi connectivity index (χ2v) is 10.5. The Kier molecular flexibility index (Phi) is 9.05. The minimum absolute atomic E-state index is 0.318. The van der Waals surface area contributed by atoms with E-state index in [0.29, 0.717) is 42.1 Å². The molecule has 4 atom stereocenters. The molecule has 3 aromatic carbocycles. The first-order valence-corrected chi connectivity index (χ1v) is 14.0. The molecule has 1 saturated carbocycles. The molecule has 0 aliphatic heterocycles. The van der Waals surface area contributed by atoms with Crippen molar-refractivity contribution >= 4 is 29.0 Å². The van der Waals surface area contributed by atoms with Crippen molar-refractivity contribution in [3.8, 4) is 5.75 Å². The van der Waals surface area contributed by atoms with E-state index >= 15 is 0 Å². The van der Waals surface area contributed by atoms with Gasteiger partial charge in [-0.1, -0.05) is 62.4 Å². The Morgan fingerprint density at radius 3 is 1.90 bits per heavy atom. The Hall–Kier alpha value is -3.97. The molecule has 0 radical (unpaired) electrons. The summed E-state index contributed by atoms with van der Waals surface area (Å²) >= 11 is 0. The lowest BCUT2D eigenvalue weighted by atomic mass is 9.61. The summed E-state index contributed by atoms with van der Waals surface area (Å²) in [5.41, 5.74) is 2.09. The molecule has 2 amide bonds. The number of nitrogens with one attached hydrogen (secondary N) is 2. The minimum Gasteiger partial charge on any atom is -0.494 e. The monoisotopic (exact) mass is 542 g/mol. The minimum atomic E-state index is -1.68. The summed E-state index contributed by atoms with van der Waals surface area (Å²) in [6.45, 7) is 7.86. The first-order valence-electron chi connectivity index (χ1n) is 14.0. The predicted octanol–water partition coefficient (Wildman–Crippen LogP) is 5.53. The van der Waals surface area contributed by atoms with Gasteiger partial charge in [0.05, 0.1) is 18.1 Å². The average Bonchev–Trinajstić information content (AvgIpc) is 2.93. The van der Waals surface area contributed by atoms with Gasteiger partial charge in [0.2, 0.25) is 11.8 Å². The SMILES string of the molecule is CCOc1ccc(C2C(C(=O)Nc3ccccc3CC)C(=O)CC(C)(O)C2C(=O)Nc2ccccc2CC)cc1. The fraction of sp³-hybridized carbons (Fsp3) is 0.364. The third-order valence-electron chi connectivity index (χ3n) is 7.72. The molecule has 1 aliphatic carbocycles. The smallest absolute Gasteiger partial charge is 0.235 e. The lowest BCUT2D eigenvalue weighted by Gasteiger charge is -2.44. The van der Waals surface area contributed by atoms with E-state index in [0.717, 1.165) is 11.1 Å². The van der Waals surface area contributed by atoms with Crippen LogP contribution in [0.3, 0.4) is 0 Å². The molecule has 7 nitrogen and oxygen atoms in total. The van der Waals surface area contributed by atoms with Gasteiger partial charge in [0.1, 0.15) is 17.5 Å². The number of rotatable bonds is 9. The van der Waals surface area contributed by atoms with Crippen LogP contribution in [0.1, 0.15) is 56.7 Å². The van der Waals surface area contributed by atoms with E-state index in [1.807, 2.05) is 63.2 Å². The van der Waals surface area contributed by atoms with Crippen molar-refractivity contribution in [2.45, 2.75) is 58.5 Å². The van der Waals surface area contributed by atoms with Gasteiger partial charge in [-0.15, -0.1) is 0 Å². The number of ether oxygens (including phenoxy) is 1. The largest absolute Gasteiger partial charge is 0.494 e. The van der Waals surface area contributed by atoms with Gasteiger partial charge < -0.3 is 20.5 Å². The standard InChI is InChI=1S/C33H38N2O5/c1-5-21-12-8-10-14-25(21)34-31(37)29-27(36)20-33(4,39)30(28(29)23-16-18-24(19-17-23)40-7-3)32(38)35-26-15-11-9-13-22(26)6-2/h8-19,28-30,39H,5-7,20H2,1-4H3,(H,34,37)(H,35,38). The second-order valence-electron chi connectivity index (χ2n) is 10.5. The second kappa shape index (κ2) is 12.5. The maximum Gasteiger partial charge on any atom is 0.235 e. The van der Waals surface area contributed by atoms with Crippen molar-refractivity contribution in [3.63, 3.8) is 0 Å². The van der Waals surface area contributed by atoms with Crippen molar-refractivity contribution in [2.24, 2.45) is 11.8 Å². The number of aliphatic hydroxyl groups is 1. The molecule has 1 aliphatic rings. The molecule has 1 fully saturated rings. The molecule has 0 aromatic heterocycles. The number of benzene rings is 3. The summed E-state index contributed by atoms with van der Waals surface area (Å²) in [6.07, 6.45) is 1.09. The van der Waals surface area contributed by atoms with Crippen molar-refractivity contribution in [2.75, 3.05) is 17.2 Å². The Morgan fingerprint density at radius 1 is 0.850 bits per heavy atom. The molecule has 0 heterocycles. The van der Waals surface area contributed by atoms with Crippen LogP contribution in [-0.4, -0.2) is 34.9 Å². The van der Waals surface area contributed by atoms with Crippen molar-refractivity contribution in [1.82, 2.24) is 0 Å². The highest BCUT2D eigenvalue weighted by molar-refractivity contribution is 6.10. The zero-order chi connectivity index (χ0) is 28.9. The van der Waals surface area contributed by atoms with Crippen LogP contribution >= 0.6 is 0 Å². The molecular formula is C33H38N2O5. The Morgan fingerprint density at radius 2 is 1.38 bits per heavy atom. The number of para-hydroxylation sites is 2. The maximum atomic E-state index is 14.0. The first kappa shape index (κ1) is 29.0. The molecule has 3 N–H and O–H groups in total. The lowest BCUT2D eigenvalue weighted by molar-refractivity contribution is -0.150. The van der Waals surface area contributed by atoms with Crippen LogP contribution in [0.15, 0.2) is 72.8 Å². The van der Waals surface area contributed by atoms with Gasteiger partial charge in [-0.25, -0.2) is 0 Å². The summed E-state index contributed by atoms with van der Waals surface area (Å²) in [5, 5.41) is 17.5. The van der Waals surface area contributed by atoms with Crippen molar-refractivity contribution < 1.29 is 24.2 Å². The number of hydrogen-bond donors (Lipinski definition) is 3. The van der Waals surface area contributed by atoms with Crippen LogP contribution in [0.25, 0.3) is 0 Å². The number of aryl methyl sites for hydroxylation is 2. The highest BCUT2D eigenvalue weighted by Gasteiger charge is 2.56. The van der Waals surface area contributed by atoms with E-state index in [9.17, 15) is 19.5 Å². The Balaban J connectivity index is 1.78. The van der Waals surface area contributed by atoms with Gasteiger partial charge in [0.25, 0.3) is 0 Å². The third-order valence-corrected chi connectivity index (χ3v) is 7.72. The average molecular weight is 543 g/mol. The van der Waals surface area contributed by atoms with Crippen LogP contribution in [0, 0.1) is 11.8 Å². The fourth-order valence-corrected chi connectivity index (χ4v) is 5.77. The quantitative estimate of drug-likeness (QED) is 0.309. The first-order chi connectivity index (χ1) is 19.2. The normalized spacial score (nSPS) is 22.4. The zero-order valence-electron chi connectivity index (χ0n) is 23.6. The van der Waals surface area contributed by atoms with Gasteiger partial charge in [-0.3, -0.25) is 14.4 Å². The number of amides is 2. The van der Waals surface area contributed by atoms with Crippen LogP contribution in [0.5, 0.6) is 5.75 Å². The summed E-state index contributed by atoms with van der Waals surface area (Å²) in [7, 11) is 0. The highest BCUT2D eigenvalue weighted by atomic mass is 16.5. The number of hydrogen-bond acceptors (Lipinski definition) is 5. The molecule has 7 heteroatoms. The van der Waals surface area contributed by atoms with Gasteiger partial charge in [0.15, 0.2) is 0 Å². The summed E-state index contributed by atoms with van der Waals surface area (Å²) in [5.74, 6) is -3.87. The Bertz CT molecular complexity index is 1370.